The zero-order valence-corrected chi connectivity index (χ0v) is 67.2. The number of allylic oxidation sites excluding steroid dienone is 16. The van der Waals surface area contributed by atoms with Gasteiger partial charge in [0, 0.05) is 167 Å². The molecule has 0 saturated carbocycles. The molecule has 0 amide bonds. The van der Waals surface area contributed by atoms with E-state index < -0.39 is 5.54 Å². The molecule has 14 heteroatoms. The first-order chi connectivity index (χ1) is 53.9. The van der Waals surface area contributed by atoms with Crippen molar-refractivity contribution in [3.63, 3.8) is 0 Å². The number of anilines is 1. The highest BCUT2D eigenvalue weighted by Gasteiger charge is 2.52. The predicted molar refractivity (Wildman–Crippen MR) is 464 cm³/mol. The number of aryl methyl sites for hydroxylation is 1. The highest BCUT2D eigenvalue weighted by molar-refractivity contribution is 5.85. The maximum absolute atomic E-state index is 9.83. The van der Waals surface area contributed by atoms with Crippen molar-refractivity contribution in [1.29, 1.82) is 0 Å². The lowest BCUT2D eigenvalue weighted by atomic mass is 9.62. The number of carbonyl (C=O) groups excluding carboxylic acids is 1. The predicted octanol–water partition coefficient (Wildman–Crippen LogP) is 19.5. The minimum atomic E-state index is -0.437. The Morgan fingerprint density at radius 3 is 1.03 bits per heavy atom. The molecule has 4 aromatic rings. The number of aliphatic imine (C=N–C) groups is 4. The van der Waals surface area contributed by atoms with E-state index in [1.807, 2.05) is 93.2 Å². The van der Waals surface area contributed by atoms with E-state index in [0.29, 0.717) is 35.0 Å². The fraction of sp³-hybridized carbons (Fsp3) is 0.296. The van der Waals surface area contributed by atoms with Crippen LogP contribution in [-0.4, -0.2) is 90.3 Å². The van der Waals surface area contributed by atoms with Crippen LogP contribution in [0.2, 0.25) is 0 Å². The van der Waals surface area contributed by atoms with Crippen LogP contribution >= 0.6 is 0 Å². The zero-order chi connectivity index (χ0) is 80.0. The molecule has 4 aliphatic heterocycles. The Kier molecular flexibility index (Phi) is 23.9. The van der Waals surface area contributed by atoms with Gasteiger partial charge >= 0.3 is 0 Å². The second kappa shape index (κ2) is 33.5. The van der Waals surface area contributed by atoms with Crippen molar-refractivity contribution < 1.29 is 24.9 Å². The van der Waals surface area contributed by atoms with Gasteiger partial charge in [0.25, 0.3) is 0 Å². The second-order valence-electron chi connectivity index (χ2n) is 31.3. The molecule has 0 spiro atoms. The topological polar surface area (TPSA) is 188 Å². The lowest BCUT2D eigenvalue weighted by molar-refractivity contribution is -0.0980. The molecular weight excluding hydrogens is 1380 g/mol. The zero-order valence-electron chi connectivity index (χ0n) is 67.2. The van der Waals surface area contributed by atoms with Gasteiger partial charge in [-0.2, -0.15) is 0 Å². The van der Waals surface area contributed by atoms with Crippen LogP contribution in [0.3, 0.4) is 0 Å². The van der Waals surface area contributed by atoms with Gasteiger partial charge in [0.15, 0.2) is 0 Å². The van der Waals surface area contributed by atoms with E-state index in [2.05, 4.69) is 231 Å². The molecule has 0 aromatic heterocycles. The highest BCUT2D eigenvalue weighted by Crippen LogP contribution is 2.57. The molecule has 576 valence electrons. The summed E-state index contributed by atoms with van der Waals surface area (Å²) in [7, 11) is 5.80. The summed E-state index contributed by atoms with van der Waals surface area (Å²) in [4.78, 5) is 30.9. The van der Waals surface area contributed by atoms with Crippen molar-refractivity contribution in [2.45, 2.75) is 142 Å². The summed E-state index contributed by atoms with van der Waals surface area (Å²) in [6.07, 6.45) is 50.8. The first-order valence-corrected chi connectivity index (χ1v) is 38.9. The molecular formula is C98H109N9O5. The maximum atomic E-state index is 9.83. The van der Waals surface area contributed by atoms with Crippen LogP contribution in [0.5, 0.6) is 17.2 Å². The van der Waals surface area contributed by atoms with Gasteiger partial charge in [0.1, 0.15) is 46.2 Å². The molecule has 0 radical (unpaired) electrons. The number of phenolic OH excluding ortho intramolecular Hbond substituents is 1. The molecule has 8 unspecified atom stereocenters. The summed E-state index contributed by atoms with van der Waals surface area (Å²) in [5.74, 6) is 2.76. The SMILES string of the molecule is C=C1C=CC2=C(CC3C=C(C)CC2(N=Cc2ccc(N(C)C)cc2)/C3=C/C)N1.C=C1C=CC2=C(CC3C=C(C)CC2(N=Cc2ccc(O)c(C)c2)/C3=C/C)N1.C=C1C=CC2=C(CC3C=C(C)CC2(N=Cc2ccc(O)c(CO)c2)/C3=C/C)N1.C=C1C=CC2=C(CC3C=C(C)CC2(N=Cc2ccc(OC)cc2)/C3=C/C)N1.C=O. The number of methoxy groups -OCH3 is 1. The molecule has 14 nitrogen and oxygen atoms in total. The number of phenols is 2. The molecule has 8 bridgehead atoms. The summed E-state index contributed by atoms with van der Waals surface area (Å²) >= 11 is 0. The molecule has 8 atom stereocenters. The maximum Gasteiger partial charge on any atom is 0.121 e. The van der Waals surface area contributed by atoms with E-state index in [-0.39, 0.29) is 29.0 Å². The quantitative estimate of drug-likeness (QED) is 0.0563. The van der Waals surface area contributed by atoms with E-state index in [1.54, 1.807) is 25.3 Å². The van der Waals surface area contributed by atoms with Crippen molar-refractivity contribution >= 4 is 37.3 Å². The number of nitrogens with zero attached hydrogens (tertiary/aromatic N) is 5. The van der Waals surface area contributed by atoms with Crippen LogP contribution in [0.15, 0.2) is 341 Å². The highest BCUT2D eigenvalue weighted by atomic mass is 16.5. The number of fused-ring (bicyclic) bond motifs is 12. The van der Waals surface area contributed by atoms with Crippen molar-refractivity contribution in [2.24, 2.45) is 43.6 Å². The third-order valence-electron chi connectivity index (χ3n) is 23.4. The van der Waals surface area contributed by atoms with Crippen molar-refractivity contribution in [3.8, 4) is 17.2 Å². The van der Waals surface area contributed by atoms with Crippen LogP contribution in [0, 0.1) is 30.6 Å². The number of benzene rings is 4. The molecule has 4 heterocycles. The van der Waals surface area contributed by atoms with Gasteiger partial charge in [-0.1, -0.05) is 134 Å². The van der Waals surface area contributed by atoms with Crippen molar-refractivity contribution in [1.82, 2.24) is 21.3 Å². The summed E-state index contributed by atoms with van der Waals surface area (Å²) in [6, 6.07) is 27.4. The van der Waals surface area contributed by atoms with Crippen molar-refractivity contribution in [3.05, 3.63) is 354 Å². The monoisotopic (exact) mass is 1490 g/mol. The number of aliphatic hydroxyl groups excluding tert-OH is 1. The first-order valence-electron chi connectivity index (χ1n) is 38.9. The number of aliphatic hydroxyl groups is 1. The van der Waals surface area contributed by atoms with E-state index in [4.69, 9.17) is 29.5 Å². The van der Waals surface area contributed by atoms with E-state index >= 15 is 0 Å². The number of hydrogen-bond acceptors (Lipinski definition) is 14. The Bertz CT molecular complexity index is 5150. The van der Waals surface area contributed by atoms with Gasteiger partial charge in [0.05, 0.1) is 13.7 Å². The number of aromatic hydroxyl groups is 2. The van der Waals surface area contributed by atoms with E-state index in [9.17, 15) is 15.3 Å². The van der Waals surface area contributed by atoms with E-state index in [0.717, 1.165) is 108 Å². The van der Waals surface area contributed by atoms with Gasteiger partial charge < -0.3 is 51.0 Å². The fourth-order valence-corrected chi connectivity index (χ4v) is 18.7. The van der Waals surface area contributed by atoms with Gasteiger partial charge in [-0.25, -0.2) is 0 Å². The molecule has 112 heavy (non-hydrogen) atoms. The largest absolute Gasteiger partial charge is 0.508 e. The number of rotatable bonds is 11. The van der Waals surface area contributed by atoms with Crippen LogP contribution in [0.4, 0.5) is 5.69 Å². The number of nitrogens with one attached hydrogen (secondary N) is 4. The molecule has 0 saturated heterocycles. The lowest BCUT2D eigenvalue weighted by Crippen LogP contribution is -2.44. The molecule has 0 fully saturated rings. The lowest BCUT2D eigenvalue weighted by Gasteiger charge is -2.47. The average Bonchev–Trinajstić information content (AvgIpc) is 0.744. The van der Waals surface area contributed by atoms with Crippen molar-refractivity contribution in [2.75, 3.05) is 26.1 Å². The number of carbonyl (C=O) groups is 1. The van der Waals surface area contributed by atoms with Gasteiger partial charge in [-0.05, 0) is 235 Å². The fourth-order valence-electron chi connectivity index (χ4n) is 18.7. The van der Waals surface area contributed by atoms with Crippen LogP contribution in [-0.2, 0) is 11.4 Å². The van der Waals surface area contributed by atoms with Crippen LogP contribution in [0.1, 0.15) is 140 Å². The summed E-state index contributed by atoms with van der Waals surface area (Å²) in [6.45, 7) is 37.3. The van der Waals surface area contributed by atoms with Gasteiger partial charge in [-0.3, -0.25) is 20.0 Å². The molecule has 16 rings (SSSR count). The Labute approximate surface area is 663 Å². The second-order valence-corrected chi connectivity index (χ2v) is 31.3. The molecule has 12 aliphatic rings. The average molecular weight is 1490 g/mol. The van der Waals surface area contributed by atoms with E-state index in [1.165, 1.54) is 95.4 Å². The Balaban J connectivity index is 0.000000137. The van der Waals surface area contributed by atoms with Crippen LogP contribution in [0.25, 0.3) is 0 Å². The number of ether oxygens (including phenoxy) is 1. The normalized spacial score (nSPS) is 27.6. The summed E-state index contributed by atoms with van der Waals surface area (Å²) in [5, 5.41) is 43.0. The Morgan fingerprint density at radius 2 is 0.732 bits per heavy atom. The van der Waals surface area contributed by atoms with Gasteiger partial charge in [-0.15, -0.1) is 0 Å². The smallest absolute Gasteiger partial charge is 0.121 e. The number of dihydropyridines is 4. The summed E-state index contributed by atoms with van der Waals surface area (Å²) in [5.41, 5.74) is 30.0. The Morgan fingerprint density at radius 1 is 0.438 bits per heavy atom. The molecule has 4 aromatic carbocycles. The third-order valence-corrected chi connectivity index (χ3v) is 23.4. The standard InChI is InChI=1S/C25H29N3.C24H26N2O2.2C24H26N2O.CH2O/c1-6-22-20-13-17(2)15-25(22,23-12-7-18(3)27-24(23)14-20)26-16-19-8-10-21(11-9-19)28(4)5;1-4-20-18-9-15(2)12-24(20,21-7-5-16(3)26-22(21)11-18)25-13-17-6-8-23(28)19(10-17)14-27;1-5-21-19-12-16(2)14-24(21,22-11-6-17(3)26-23(22)13-19)25-15-18-7-9-20(27-4)10-8-18;1-5-20-19-10-15(2)13-24(20,21-8-6-17(4)26-22(21)12-19)25-14-18-7-9-23(27)16(3)11-18;1-2/h6-13,16,20,27H,3,14-15H2,1-2,4-5H3;4-10,13,18,26-28H,3,11-12,14H2,1-2H3;5-12,15,19,26H,3,13-14H2,1-2,4H3;5-11,14,19,26-27H,4,12-13H2,1-3H3;1H2/b22-6+,26-16?;20-4+,25-13?;21-5+,25-15?;20-5+,25-14?;. The molecule has 8 aliphatic carbocycles. The molecule has 7 N–H and O–H groups in total. The van der Waals surface area contributed by atoms with Gasteiger partial charge in [0.2, 0.25) is 0 Å². The minimum Gasteiger partial charge on any atom is -0.508 e. The van der Waals surface area contributed by atoms with Crippen LogP contribution < -0.4 is 30.9 Å². The number of hydrogen-bond donors (Lipinski definition) is 7. The minimum absolute atomic E-state index is 0.101. The Hall–Kier alpha value is -11.6. The first kappa shape index (κ1) is 79.9. The summed E-state index contributed by atoms with van der Waals surface area (Å²) < 4.78 is 5.26. The third kappa shape index (κ3) is 15.9.